The Hall–Kier alpha value is -0.910. The average Bonchev–Trinajstić information content (AvgIpc) is 2.97. The van der Waals surface area contributed by atoms with E-state index in [2.05, 4.69) is 0 Å². The first-order chi connectivity index (χ1) is 9.49. The van der Waals surface area contributed by atoms with Crippen LogP contribution in [0.2, 0.25) is 0 Å². The zero-order valence-corrected chi connectivity index (χ0v) is 12.6. The van der Waals surface area contributed by atoms with Gasteiger partial charge in [0, 0.05) is 13.0 Å². The number of fused-ring (bicyclic) bond motifs is 2. The standard InChI is InChI=1S/C15H20O4S/c1-10-3-5-12(6-4-10)20(16,17)19-15-9-11-7-13(15)14(8-11)18-2/h3-6,11,13-15H,7-9H2,1-2H3/t11-,13+,14-,15-/m0/s1. The van der Waals surface area contributed by atoms with E-state index < -0.39 is 10.1 Å². The van der Waals surface area contributed by atoms with Crippen LogP contribution in [0.15, 0.2) is 29.2 Å². The summed E-state index contributed by atoms with van der Waals surface area (Å²) in [5.41, 5.74) is 1.03. The lowest BCUT2D eigenvalue weighted by molar-refractivity contribution is 0.00513. The van der Waals surface area contributed by atoms with Gasteiger partial charge < -0.3 is 4.74 Å². The maximum atomic E-state index is 12.3. The van der Waals surface area contributed by atoms with Crippen LogP contribution in [0.4, 0.5) is 0 Å². The van der Waals surface area contributed by atoms with Crippen LogP contribution in [0.5, 0.6) is 0 Å². The largest absolute Gasteiger partial charge is 0.381 e. The molecule has 0 heterocycles. The monoisotopic (exact) mass is 296 g/mol. The molecule has 0 aliphatic heterocycles. The van der Waals surface area contributed by atoms with Crippen LogP contribution in [-0.4, -0.2) is 27.7 Å². The van der Waals surface area contributed by atoms with Crippen molar-refractivity contribution in [1.29, 1.82) is 0 Å². The molecule has 2 bridgehead atoms. The van der Waals surface area contributed by atoms with Gasteiger partial charge in [-0.3, -0.25) is 4.18 Å². The fourth-order valence-electron chi connectivity index (χ4n) is 3.53. The first-order valence-electron chi connectivity index (χ1n) is 7.02. The highest BCUT2D eigenvalue weighted by Gasteiger charge is 2.48. The molecule has 1 aromatic rings. The molecular formula is C15H20O4S. The smallest absolute Gasteiger partial charge is 0.297 e. The van der Waals surface area contributed by atoms with Crippen LogP contribution in [0.25, 0.3) is 0 Å². The number of hydrogen-bond donors (Lipinski definition) is 0. The minimum absolute atomic E-state index is 0.145. The lowest BCUT2D eigenvalue weighted by atomic mass is 9.95. The number of methoxy groups -OCH3 is 1. The van der Waals surface area contributed by atoms with E-state index in [1.54, 1.807) is 31.4 Å². The van der Waals surface area contributed by atoms with Crippen molar-refractivity contribution in [1.82, 2.24) is 0 Å². The molecule has 20 heavy (non-hydrogen) atoms. The van der Waals surface area contributed by atoms with E-state index in [1.165, 1.54) is 0 Å². The molecule has 0 spiro atoms. The van der Waals surface area contributed by atoms with Crippen molar-refractivity contribution in [3.63, 3.8) is 0 Å². The Balaban J connectivity index is 1.76. The SMILES string of the molecule is CO[C@H]1C[C@@H]2C[C@H]1[C@@H](OS(=O)(=O)c1ccc(C)cc1)C2. The second kappa shape index (κ2) is 5.13. The second-order valence-corrected chi connectivity index (χ2v) is 7.49. The van der Waals surface area contributed by atoms with E-state index in [9.17, 15) is 8.42 Å². The molecule has 0 N–H and O–H groups in total. The summed E-state index contributed by atoms with van der Waals surface area (Å²) in [4.78, 5) is 0.236. The summed E-state index contributed by atoms with van der Waals surface area (Å²) in [6.07, 6.45) is 2.80. The van der Waals surface area contributed by atoms with Crippen LogP contribution < -0.4 is 0 Å². The molecule has 2 fully saturated rings. The summed E-state index contributed by atoms with van der Waals surface area (Å²) in [5.74, 6) is 0.758. The normalized spacial score (nSPS) is 32.7. The topological polar surface area (TPSA) is 52.6 Å². The Morgan fingerprint density at radius 2 is 1.70 bits per heavy atom. The fourth-order valence-corrected chi connectivity index (χ4v) is 4.66. The molecule has 110 valence electrons. The number of rotatable bonds is 4. The van der Waals surface area contributed by atoms with Gasteiger partial charge in [-0.05, 0) is 44.2 Å². The molecule has 0 unspecified atom stereocenters. The van der Waals surface area contributed by atoms with Gasteiger partial charge in [-0.2, -0.15) is 8.42 Å². The van der Waals surface area contributed by atoms with Gasteiger partial charge in [0.15, 0.2) is 0 Å². The van der Waals surface area contributed by atoms with Crippen molar-refractivity contribution in [2.75, 3.05) is 7.11 Å². The predicted octanol–water partition coefficient (Wildman–Crippen LogP) is 2.51. The number of ether oxygens (including phenoxy) is 1. The molecule has 4 nitrogen and oxygen atoms in total. The summed E-state index contributed by atoms with van der Waals surface area (Å²) < 4.78 is 35.5. The van der Waals surface area contributed by atoms with Crippen molar-refractivity contribution in [2.24, 2.45) is 11.8 Å². The Morgan fingerprint density at radius 1 is 1.05 bits per heavy atom. The van der Waals surface area contributed by atoms with E-state index >= 15 is 0 Å². The quantitative estimate of drug-likeness (QED) is 0.801. The lowest BCUT2D eigenvalue weighted by Crippen LogP contribution is -2.33. The maximum absolute atomic E-state index is 12.3. The van der Waals surface area contributed by atoms with Crippen molar-refractivity contribution in [3.05, 3.63) is 29.8 Å². The van der Waals surface area contributed by atoms with Crippen LogP contribution in [0.3, 0.4) is 0 Å². The predicted molar refractivity (Wildman–Crippen MR) is 74.9 cm³/mol. The summed E-state index contributed by atoms with van der Waals surface area (Å²) in [6.45, 7) is 1.93. The molecule has 2 saturated carbocycles. The van der Waals surface area contributed by atoms with E-state index in [1.807, 2.05) is 6.92 Å². The van der Waals surface area contributed by atoms with Crippen molar-refractivity contribution in [3.8, 4) is 0 Å². The average molecular weight is 296 g/mol. The van der Waals surface area contributed by atoms with Crippen molar-refractivity contribution >= 4 is 10.1 Å². The minimum Gasteiger partial charge on any atom is -0.381 e. The van der Waals surface area contributed by atoms with Crippen LogP contribution in [0.1, 0.15) is 24.8 Å². The van der Waals surface area contributed by atoms with E-state index in [4.69, 9.17) is 8.92 Å². The van der Waals surface area contributed by atoms with Gasteiger partial charge in [-0.1, -0.05) is 17.7 Å². The summed E-state index contributed by atoms with van der Waals surface area (Å²) in [6, 6.07) is 6.78. The van der Waals surface area contributed by atoms with Gasteiger partial charge in [0.25, 0.3) is 10.1 Å². The maximum Gasteiger partial charge on any atom is 0.297 e. The van der Waals surface area contributed by atoms with Gasteiger partial charge in [0.1, 0.15) is 0 Å². The third-order valence-electron chi connectivity index (χ3n) is 4.55. The Bertz CT molecular complexity index is 578. The van der Waals surface area contributed by atoms with Crippen LogP contribution in [0, 0.1) is 18.8 Å². The number of hydrogen-bond acceptors (Lipinski definition) is 4. The second-order valence-electron chi connectivity index (χ2n) is 5.91. The Morgan fingerprint density at radius 3 is 2.30 bits per heavy atom. The Labute approximate surface area is 120 Å². The summed E-state index contributed by atoms with van der Waals surface area (Å²) in [5, 5.41) is 0. The molecule has 0 saturated heterocycles. The lowest BCUT2D eigenvalue weighted by Gasteiger charge is -2.27. The molecule has 0 aromatic heterocycles. The Kier molecular flexibility index (Phi) is 3.60. The van der Waals surface area contributed by atoms with Gasteiger partial charge in [0.2, 0.25) is 0 Å². The summed E-state index contributed by atoms with van der Waals surface area (Å²) in [7, 11) is -1.98. The third kappa shape index (κ3) is 2.50. The molecule has 1 aromatic carbocycles. The van der Waals surface area contributed by atoms with E-state index in [0.717, 1.165) is 24.8 Å². The molecule has 5 heteroatoms. The molecule has 2 aliphatic carbocycles. The highest BCUT2D eigenvalue weighted by atomic mass is 32.2. The van der Waals surface area contributed by atoms with Gasteiger partial charge in [-0.15, -0.1) is 0 Å². The molecule has 0 radical (unpaired) electrons. The first-order valence-corrected chi connectivity index (χ1v) is 8.43. The number of aryl methyl sites for hydroxylation is 1. The van der Waals surface area contributed by atoms with Crippen molar-refractivity contribution < 1.29 is 17.3 Å². The highest BCUT2D eigenvalue weighted by Crippen LogP contribution is 2.48. The summed E-state index contributed by atoms with van der Waals surface area (Å²) >= 11 is 0. The zero-order chi connectivity index (χ0) is 14.3. The van der Waals surface area contributed by atoms with Gasteiger partial charge in [0.05, 0.1) is 17.1 Å². The van der Waals surface area contributed by atoms with E-state index in [0.29, 0.717) is 5.92 Å². The third-order valence-corrected chi connectivity index (χ3v) is 5.90. The minimum atomic E-state index is -3.67. The molecule has 3 rings (SSSR count). The molecular weight excluding hydrogens is 276 g/mol. The molecule has 0 amide bonds. The van der Waals surface area contributed by atoms with Gasteiger partial charge >= 0.3 is 0 Å². The van der Waals surface area contributed by atoms with Crippen molar-refractivity contribution in [2.45, 2.75) is 43.3 Å². The van der Waals surface area contributed by atoms with Crippen LogP contribution in [-0.2, 0) is 19.0 Å². The van der Waals surface area contributed by atoms with E-state index in [-0.39, 0.29) is 23.0 Å². The van der Waals surface area contributed by atoms with Crippen LogP contribution >= 0.6 is 0 Å². The molecule has 4 atom stereocenters. The molecule has 2 aliphatic rings. The number of benzene rings is 1. The highest BCUT2D eigenvalue weighted by molar-refractivity contribution is 7.86. The van der Waals surface area contributed by atoms with Gasteiger partial charge in [-0.25, -0.2) is 0 Å². The fraction of sp³-hybridized carbons (Fsp3) is 0.600. The first kappa shape index (κ1) is 14.0. The zero-order valence-electron chi connectivity index (χ0n) is 11.8.